The molecule has 0 radical (unpaired) electrons. The van der Waals surface area contributed by atoms with E-state index in [9.17, 15) is 0 Å². The monoisotopic (exact) mass is 316 g/mol. The Labute approximate surface area is 143 Å². The summed E-state index contributed by atoms with van der Waals surface area (Å²) < 4.78 is 0. The first kappa shape index (κ1) is 26.8. The highest BCUT2D eigenvalue weighted by Gasteiger charge is 2.26. The maximum absolute atomic E-state index is 3.62. The van der Waals surface area contributed by atoms with Crippen LogP contribution in [0.15, 0.2) is 0 Å². The molecular formula is C20H48N2. The Morgan fingerprint density at radius 2 is 1.36 bits per heavy atom. The molecule has 22 heavy (non-hydrogen) atoms. The van der Waals surface area contributed by atoms with Gasteiger partial charge in [-0.2, -0.15) is 0 Å². The van der Waals surface area contributed by atoms with Crippen LogP contribution >= 0.6 is 0 Å². The molecule has 0 aromatic rings. The standard InChI is InChI=1S/C9H17N.C5H13N.3C2H6/c1-2-6-9-8(4-1)5-3-7-10-9;1-3-5-6-4-2;3*1-2/h8-10H,1-7H2;6H,3-5H2,1-2H3;3*1-2H3. The topological polar surface area (TPSA) is 24.1 Å². The highest BCUT2D eigenvalue weighted by molar-refractivity contribution is 4.84. The zero-order valence-corrected chi connectivity index (χ0v) is 17.2. The smallest absolute Gasteiger partial charge is 0.00953 e. The SMILES string of the molecule is C1CCC2NCCCC2C1.CC.CC.CC.CCCNCC. The Hall–Kier alpha value is -0.0800. The zero-order valence-electron chi connectivity index (χ0n) is 17.2. The fourth-order valence-corrected chi connectivity index (χ4v) is 2.83. The first-order valence-corrected chi connectivity index (χ1v) is 10.3. The first-order chi connectivity index (χ1) is 10.9. The van der Waals surface area contributed by atoms with Crippen molar-refractivity contribution >= 4 is 0 Å². The molecule has 2 N–H and O–H groups in total. The van der Waals surface area contributed by atoms with E-state index >= 15 is 0 Å². The lowest BCUT2D eigenvalue weighted by atomic mass is 9.80. The van der Waals surface area contributed by atoms with Crippen molar-refractivity contribution in [1.29, 1.82) is 0 Å². The van der Waals surface area contributed by atoms with Gasteiger partial charge in [-0.25, -0.2) is 0 Å². The molecule has 2 fully saturated rings. The summed E-state index contributed by atoms with van der Waals surface area (Å²) in [6.07, 6.45) is 10.1. The second-order valence-corrected chi connectivity index (χ2v) is 5.10. The minimum Gasteiger partial charge on any atom is -0.317 e. The molecule has 1 aliphatic heterocycles. The highest BCUT2D eigenvalue weighted by Crippen LogP contribution is 2.30. The van der Waals surface area contributed by atoms with Gasteiger partial charge in [0.1, 0.15) is 0 Å². The van der Waals surface area contributed by atoms with Crippen LogP contribution in [0.3, 0.4) is 0 Å². The quantitative estimate of drug-likeness (QED) is 0.623. The molecule has 0 aromatic heterocycles. The summed E-state index contributed by atoms with van der Waals surface area (Å²) in [6.45, 7) is 19.8. The van der Waals surface area contributed by atoms with Crippen LogP contribution in [0.2, 0.25) is 0 Å². The van der Waals surface area contributed by atoms with Gasteiger partial charge < -0.3 is 10.6 Å². The summed E-state index contributed by atoms with van der Waals surface area (Å²) in [6, 6.07) is 0.905. The van der Waals surface area contributed by atoms with E-state index in [-0.39, 0.29) is 0 Å². The van der Waals surface area contributed by atoms with Crippen molar-refractivity contribution in [2.24, 2.45) is 5.92 Å². The van der Waals surface area contributed by atoms with E-state index < -0.39 is 0 Å². The van der Waals surface area contributed by atoms with E-state index in [1.165, 1.54) is 51.5 Å². The number of hydrogen-bond acceptors (Lipinski definition) is 2. The van der Waals surface area contributed by atoms with E-state index in [0.717, 1.165) is 25.0 Å². The first-order valence-electron chi connectivity index (χ1n) is 10.3. The lowest BCUT2D eigenvalue weighted by Crippen LogP contribution is -2.42. The van der Waals surface area contributed by atoms with Crippen molar-refractivity contribution in [1.82, 2.24) is 10.6 Å². The molecule has 2 unspecified atom stereocenters. The molecule has 1 saturated carbocycles. The molecule has 2 aliphatic rings. The Bertz CT molecular complexity index is 130. The Morgan fingerprint density at radius 1 is 0.818 bits per heavy atom. The van der Waals surface area contributed by atoms with Crippen molar-refractivity contribution in [3.05, 3.63) is 0 Å². The van der Waals surface area contributed by atoms with Crippen LogP contribution in [0.5, 0.6) is 0 Å². The van der Waals surface area contributed by atoms with Crippen molar-refractivity contribution in [3.8, 4) is 0 Å². The number of rotatable bonds is 3. The highest BCUT2D eigenvalue weighted by atomic mass is 14.9. The van der Waals surface area contributed by atoms with Crippen LogP contribution < -0.4 is 10.6 Å². The van der Waals surface area contributed by atoms with E-state index in [1.807, 2.05) is 41.5 Å². The lowest BCUT2D eigenvalue weighted by Gasteiger charge is -2.36. The molecule has 0 bridgehead atoms. The lowest BCUT2D eigenvalue weighted by molar-refractivity contribution is 0.212. The number of fused-ring (bicyclic) bond motifs is 1. The van der Waals surface area contributed by atoms with Gasteiger partial charge in [0.05, 0.1) is 0 Å². The average molecular weight is 317 g/mol. The van der Waals surface area contributed by atoms with Crippen LogP contribution in [-0.4, -0.2) is 25.7 Å². The summed E-state index contributed by atoms with van der Waals surface area (Å²) >= 11 is 0. The fourth-order valence-electron chi connectivity index (χ4n) is 2.83. The molecule has 1 aliphatic carbocycles. The largest absolute Gasteiger partial charge is 0.317 e. The summed E-state index contributed by atoms with van der Waals surface area (Å²) in [7, 11) is 0. The average Bonchev–Trinajstić information content (AvgIpc) is 2.65. The van der Waals surface area contributed by atoms with Gasteiger partial charge in [0.15, 0.2) is 0 Å². The Balaban J connectivity index is -0.000000262. The van der Waals surface area contributed by atoms with E-state index in [2.05, 4.69) is 24.5 Å². The van der Waals surface area contributed by atoms with E-state index in [1.54, 1.807) is 0 Å². The normalized spacial score (nSPS) is 21.8. The summed E-state index contributed by atoms with van der Waals surface area (Å²) in [5.41, 5.74) is 0. The third kappa shape index (κ3) is 16.3. The molecule has 0 amide bonds. The van der Waals surface area contributed by atoms with Crippen LogP contribution in [0.25, 0.3) is 0 Å². The minimum atomic E-state index is 0.905. The molecule has 1 heterocycles. The van der Waals surface area contributed by atoms with E-state index in [4.69, 9.17) is 0 Å². The molecule has 0 aromatic carbocycles. The fraction of sp³-hybridized carbons (Fsp3) is 1.00. The maximum Gasteiger partial charge on any atom is 0.00953 e. The molecule has 2 atom stereocenters. The van der Waals surface area contributed by atoms with Gasteiger partial charge in [-0.3, -0.25) is 0 Å². The second kappa shape index (κ2) is 25.9. The minimum absolute atomic E-state index is 0.905. The molecule has 1 saturated heterocycles. The van der Waals surface area contributed by atoms with Crippen LogP contribution in [0.4, 0.5) is 0 Å². The number of piperidine rings is 1. The molecule has 2 rings (SSSR count). The van der Waals surface area contributed by atoms with Gasteiger partial charge in [-0.15, -0.1) is 0 Å². The summed E-state index contributed by atoms with van der Waals surface area (Å²) in [5.74, 6) is 1.04. The molecule has 138 valence electrons. The van der Waals surface area contributed by atoms with Crippen molar-refractivity contribution in [2.45, 2.75) is 106 Å². The molecular weight excluding hydrogens is 268 g/mol. The number of nitrogens with one attached hydrogen (secondary N) is 2. The van der Waals surface area contributed by atoms with Crippen LogP contribution in [-0.2, 0) is 0 Å². The predicted octanol–water partition coefficient (Wildman–Crippen LogP) is 6.01. The van der Waals surface area contributed by atoms with Gasteiger partial charge in [0.2, 0.25) is 0 Å². The van der Waals surface area contributed by atoms with Gasteiger partial charge in [-0.1, -0.05) is 68.2 Å². The van der Waals surface area contributed by atoms with Crippen molar-refractivity contribution in [2.75, 3.05) is 19.6 Å². The number of hydrogen-bond donors (Lipinski definition) is 2. The van der Waals surface area contributed by atoms with Crippen LogP contribution in [0.1, 0.15) is 100 Å². The molecule has 2 nitrogen and oxygen atoms in total. The molecule has 0 spiro atoms. The molecule has 2 heteroatoms. The second-order valence-electron chi connectivity index (χ2n) is 5.10. The van der Waals surface area contributed by atoms with Gasteiger partial charge >= 0.3 is 0 Å². The van der Waals surface area contributed by atoms with Gasteiger partial charge in [0.25, 0.3) is 0 Å². The zero-order chi connectivity index (χ0) is 17.6. The third-order valence-corrected chi connectivity index (χ3v) is 3.74. The van der Waals surface area contributed by atoms with E-state index in [0.29, 0.717) is 0 Å². The van der Waals surface area contributed by atoms with Gasteiger partial charge in [0, 0.05) is 6.04 Å². The maximum atomic E-state index is 3.62. The van der Waals surface area contributed by atoms with Crippen molar-refractivity contribution < 1.29 is 0 Å². The Kier molecular flexibility index (Phi) is 31.5. The summed E-state index contributed by atoms with van der Waals surface area (Å²) in [4.78, 5) is 0. The van der Waals surface area contributed by atoms with Gasteiger partial charge in [-0.05, 0) is 57.7 Å². The third-order valence-electron chi connectivity index (χ3n) is 3.74. The predicted molar refractivity (Wildman–Crippen MR) is 106 cm³/mol. The van der Waals surface area contributed by atoms with Crippen molar-refractivity contribution in [3.63, 3.8) is 0 Å². The van der Waals surface area contributed by atoms with Crippen LogP contribution in [0, 0.1) is 5.92 Å². The summed E-state index contributed by atoms with van der Waals surface area (Å²) in [5, 5.41) is 6.82. The Morgan fingerprint density at radius 3 is 1.82 bits per heavy atom.